The lowest BCUT2D eigenvalue weighted by atomic mass is 9.99. The normalized spacial score (nSPS) is 33.8. The lowest BCUT2D eigenvalue weighted by Gasteiger charge is -2.21. The van der Waals surface area contributed by atoms with E-state index in [-0.39, 0.29) is 17.7 Å². The zero-order chi connectivity index (χ0) is 12.4. The summed E-state index contributed by atoms with van der Waals surface area (Å²) in [6, 6.07) is 0.570. The Balaban J connectivity index is 1.86. The number of hydrogen-bond donors (Lipinski definition) is 1. The Morgan fingerprint density at radius 2 is 2.12 bits per heavy atom. The highest BCUT2D eigenvalue weighted by Crippen LogP contribution is 2.29. The Kier molecular flexibility index (Phi) is 3.82. The molecule has 3 unspecified atom stereocenters. The second-order valence-electron chi connectivity index (χ2n) is 5.36. The number of imide groups is 1. The molecule has 0 spiro atoms. The van der Waals surface area contributed by atoms with Gasteiger partial charge in [-0.15, -0.1) is 0 Å². The van der Waals surface area contributed by atoms with E-state index < -0.39 is 0 Å². The molecule has 2 aliphatic rings. The first-order valence-corrected chi connectivity index (χ1v) is 6.65. The van der Waals surface area contributed by atoms with E-state index >= 15 is 0 Å². The molecule has 17 heavy (non-hydrogen) atoms. The van der Waals surface area contributed by atoms with Crippen LogP contribution in [-0.2, 0) is 9.59 Å². The molecule has 2 rings (SSSR count). The molecule has 2 amide bonds. The van der Waals surface area contributed by atoms with Crippen LogP contribution in [0.3, 0.4) is 0 Å². The van der Waals surface area contributed by atoms with Crippen LogP contribution >= 0.6 is 0 Å². The quantitative estimate of drug-likeness (QED) is 0.748. The van der Waals surface area contributed by atoms with Crippen LogP contribution in [0.1, 0.15) is 39.0 Å². The SMILES string of the molecule is CNC1CCCC1CCN1C(=O)CC(C)C1=O. The van der Waals surface area contributed by atoms with Crippen molar-refractivity contribution in [2.45, 2.75) is 45.1 Å². The minimum Gasteiger partial charge on any atom is -0.317 e. The van der Waals surface area contributed by atoms with E-state index in [4.69, 9.17) is 0 Å². The summed E-state index contributed by atoms with van der Waals surface area (Å²) in [5, 5.41) is 3.33. The van der Waals surface area contributed by atoms with Crippen LogP contribution in [0.5, 0.6) is 0 Å². The van der Waals surface area contributed by atoms with Crippen LogP contribution in [0, 0.1) is 11.8 Å². The van der Waals surface area contributed by atoms with Gasteiger partial charge >= 0.3 is 0 Å². The second kappa shape index (κ2) is 5.17. The lowest BCUT2D eigenvalue weighted by Crippen LogP contribution is -2.35. The standard InChI is InChI=1S/C13H22N2O2/c1-9-8-12(16)15(13(9)17)7-6-10-4-3-5-11(10)14-2/h9-11,14H,3-8H2,1-2H3. The van der Waals surface area contributed by atoms with Gasteiger partial charge in [0.15, 0.2) is 0 Å². The topological polar surface area (TPSA) is 49.4 Å². The van der Waals surface area contributed by atoms with Crippen molar-refractivity contribution in [3.05, 3.63) is 0 Å². The number of hydrogen-bond acceptors (Lipinski definition) is 3. The largest absolute Gasteiger partial charge is 0.317 e. The Morgan fingerprint density at radius 1 is 1.35 bits per heavy atom. The number of amides is 2. The summed E-state index contributed by atoms with van der Waals surface area (Å²) in [5.74, 6) is 0.554. The molecule has 1 heterocycles. The highest BCUT2D eigenvalue weighted by Gasteiger charge is 2.36. The van der Waals surface area contributed by atoms with Gasteiger partial charge in [0.25, 0.3) is 0 Å². The van der Waals surface area contributed by atoms with Crippen molar-refractivity contribution >= 4 is 11.8 Å². The summed E-state index contributed by atoms with van der Waals surface area (Å²) in [6.45, 7) is 2.46. The highest BCUT2D eigenvalue weighted by atomic mass is 16.2. The number of likely N-dealkylation sites (tertiary alicyclic amines) is 1. The van der Waals surface area contributed by atoms with Crippen LogP contribution in [0.4, 0.5) is 0 Å². The summed E-state index contributed by atoms with van der Waals surface area (Å²) in [7, 11) is 2.00. The van der Waals surface area contributed by atoms with Crippen molar-refractivity contribution in [3.8, 4) is 0 Å². The second-order valence-corrected chi connectivity index (χ2v) is 5.36. The predicted molar refractivity (Wildman–Crippen MR) is 65.3 cm³/mol. The molecule has 1 aliphatic carbocycles. The fourth-order valence-electron chi connectivity index (χ4n) is 3.14. The zero-order valence-electron chi connectivity index (χ0n) is 10.7. The summed E-state index contributed by atoms with van der Waals surface area (Å²) >= 11 is 0. The first kappa shape index (κ1) is 12.6. The van der Waals surface area contributed by atoms with Crippen LogP contribution in [0.25, 0.3) is 0 Å². The summed E-state index contributed by atoms with van der Waals surface area (Å²) in [4.78, 5) is 24.9. The van der Waals surface area contributed by atoms with E-state index in [0.29, 0.717) is 24.9 Å². The van der Waals surface area contributed by atoms with E-state index in [1.54, 1.807) is 0 Å². The minimum absolute atomic E-state index is 0.0153. The van der Waals surface area contributed by atoms with E-state index in [2.05, 4.69) is 5.32 Å². The summed E-state index contributed by atoms with van der Waals surface area (Å²) < 4.78 is 0. The lowest BCUT2D eigenvalue weighted by molar-refractivity contribution is -0.139. The van der Waals surface area contributed by atoms with Crippen molar-refractivity contribution in [1.29, 1.82) is 0 Å². The molecule has 2 fully saturated rings. The molecular weight excluding hydrogens is 216 g/mol. The Labute approximate surface area is 103 Å². The van der Waals surface area contributed by atoms with Gasteiger partial charge in [-0.3, -0.25) is 14.5 Å². The van der Waals surface area contributed by atoms with Crippen molar-refractivity contribution in [3.63, 3.8) is 0 Å². The molecule has 0 aromatic rings. The third-order valence-corrected chi connectivity index (χ3v) is 4.22. The Morgan fingerprint density at radius 3 is 2.71 bits per heavy atom. The third kappa shape index (κ3) is 2.51. The predicted octanol–water partition coefficient (Wildman–Crippen LogP) is 1.16. The van der Waals surface area contributed by atoms with Gasteiger partial charge in [0.05, 0.1) is 0 Å². The number of rotatable bonds is 4. The van der Waals surface area contributed by atoms with E-state index in [1.165, 1.54) is 24.2 Å². The molecule has 96 valence electrons. The van der Waals surface area contributed by atoms with Gasteiger partial charge in [0, 0.05) is 24.9 Å². The van der Waals surface area contributed by atoms with Gasteiger partial charge in [-0.2, -0.15) is 0 Å². The number of carbonyl (C=O) groups excluding carboxylic acids is 2. The molecule has 1 aliphatic heterocycles. The van der Waals surface area contributed by atoms with Crippen molar-refractivity contribution in [2.24, 2.45) is 11.8 Å². The summed E-state index contributed by atoms with van der Waals surface area (Å²) in [6.07, 6.45) is 5.06. The molecule has 0 bridgehead atoms. The fourth-order valence-corrected chi connectivity index (χ4v) is 3.14. The highest BCUT2D eigenvalue weighted by molar-refractivity contribution is 6.03. The fraction of sp³-hybridized carbons (Fsp3) is 0.846. The maximum atomic E-state index is 11.8. The zero-order valence-corrected chi connectivity index (χ0v) is 10.7. The van der Waals surface area contributed by atoms with Gasteiger partial charge in [0.2, 0.25) is 11.8 Å². The molecule has 4 nitrogen and oxygen atoms in total. The molecule has 3 atom stereocenters. The summed E-state index contributed by atoms with van der Waals surface area (Å²) in [5.41, 5.74) is 0. The monoisotopic (exact) mass is 238 g/mol. The van der Waals surface area contributed by atoms with Crippen LogP contribution in [-0.4, -0.2) is 36.3 Å². The minimum atomic E-state index is -0.105. The van der Waals surface area contributed by atoms with Crippen LogP contribution < -0.4 is 5.32 Å². The Bertz CT molecular complexity index is 317. The number of nitrogens with zero attached hydrogens (tertiary/aromatic N) is 1. The molecule has 0 aromatic carbocycles. The van der Waals surface area contributed by atoms with Gasteiger partial charge in [-0.25, -0.2) is 0 Å². The maximum absolute atomic E-state index is 11.8. The van der Waals surface area contributed by atoms with E-state index in [0.717, 1.165) is 6.42 Å². The maximum Gasteiger partial charge on any atom is 0.232 e. The molecule has 1 N–H and O–H groups in total. The molecular formula is C13H22N2O2. The van der Waals surface area contributed by atoms with Gasteiger partial charge in [-0.05, 0) is 32.2 Å². The van der Waals surface area contributed by atoms with E-state index in [1.807, 2.05) is 14.0 Å². The van der Waals surface area contributed by atoms with Gasteiger partial charge in [-0.1, -0.05) is 13.3 Å². The average molecular weight is 238 g/mol. The number of nitrogens with one attached hydrogen (secondary N) is 1. The van der Waals surface area contributed by atoms with Crippen LogP contribution in [0.15, 0.2) is 0 Å². The average Bonchev–Trinajstić information content (AvgIpc) is 2.84. The van der Waals surface area contributed by atoms with Gasteiger partial charge in [0.1, 0.15) is 0 Å². The number of carbonyl (C=O) groups is 2. The first-order valence-electron chi connectivity index (χ1n) is 6.65. The first-order chi connectivity index (χ1) is 8.13. The molecule has 1 saturated carbocycles. The van der Waals surface area contributed by atoms with Gasteiger partial charge < -0.3 is 5.32 Å². The van der Waals surface area contributed by atoms with Crippen molar-refractivity contribution in [1.82, 2.24) is 10.2 Å². The van der Waals surface area contributed by atoms with Crippen molar-refractivity contribution in [2.75, 3.05) is 13.6 Å². The molecule has 4 heteroatoms. The molecule has 1 saturated heterocycles. The Hall–Kier alpha value is -0.900. The van der Waals surface area contributed by atoms with Crippen LogP contribution in [0.2, 0.25) is 0 Å². The smallest absolute Gasteiger partial charge is 0.232 e. The van der Waals surface area contributed by atoms with Crippen molar-refractivity contribution < 1.29 is 9.59 Å². The van der Waals surface area contributed by atoms with E-state index in [9.17, 15) is 9.59 Å². The molecule has 0 radical (unpaired) electrons. The molecule has 0 aromatic heterocycles. The third-order valence-electron chi connectivity index (χ3n) is 4.22.